The van der Waals surface area contributed by atoms with E-state index in [0.29, 0.717) is 44.3 Å². The molecule has 0 aliphatic carbocycles. The molecule has 0 bridgehead atoms. The second kappa shape index (κ2) is 24.7. The smallest absolute Gasteiger partial charge is 0.326 e. The third-order valence-electron chi connectivity index (χ3n) is 9.89. The van der Waals surface area contributed by atoms with E-state index in [1.54, 1.807) is 38.2 Å². The van der Waals surface area contributed by atoms with Crippen LogP contribution in [0.15, 0.2) is 59.7 Å². The molecule has 19 nitrogen and oxygen atoms in total. The predicted octanol–water partition coefficient (Wildman–Crippen LogP) is 0.0826. The average molecular weight is 835 g/mol. The maximum Gasteiger partial charge on any atom is 0.326 e. The molecule has 0 radical (unpaired) electrons. The number of aliphatic carboxylic acids is 1. The maximum atomic E-state index is 14.1. The normalized spacial score (nSPS) is 13.6. The summed E-state index contributed by atoms with van der Waals surface area (Å²) in [5.74, 6) is -5.17. The molecule has 0 fully saturated rings. The van der Waals surface area contributed by atoms with Gasteiger partial charge in [0.15, 0.2) is 5.96 Å². The van der Waals surface area contributed by atoms with Crippen molar-refractivity contribution in [3.63, 3.8) is 0 Å². The quantitative estimate of drug-likeness (QED) is 0.0222. The Labute approximate surface area is 349 Å². The van der Waals surface area contributed by atoms with Gasteiger partial charge >= 0.3 is 5.97 Å². The molecule has 3 aromatic rings. The van der Waals surface area contributed by atoms with Gasteiger partial charge in [0.05, 0.1) is 5.56 Å². The Morgan fingerprint density at radius 3 is 1.73 bits per heavy atom. The minimum Gasteiger partial charge on any atom is -0.480 e. The number of aromatic nitrogens is 1. The van der Waals surface area contributed by atoms with E-state index < -0.39 is 65.7 Å². The summed E-state index contributed by atoms with van der Waals surface area (Å²) in [6.45, 7) is 4.26. The number of nitrogens with one attached hydrogen (secondary N) is 6. The van der Waals surface area contributed by atoms with Crippen LogP contribution >= 0.6 is 0 Å². The molecule has 0 saturated heterocycles. The molecule has 0 saturated carbocycles. The molecule has 0 aliphatic heterocycles. The number of carboxylic acids is 1. The fraction of sp³-hybridized carbons (Fsp3) is 0.488. The molecule has 60 heavy (non-hydrogen) atoms. The van der Waals surface area contributed by atoms with Crippen molar-refractivity contribution in [1.29, 1.82) is 0 Å². The van der Waals surface area contributed by atoms with Gasteiger partial charge < -0.3 is 65.3 Å². The predicted molar refractivity (Wildman–Crippen MR) is 230 cm³/mol. The summed E-state index contributed by atoms with van der Waals surface area (Å²) in [7, 11) is 0. The Kier molecular flexibility index (Phi) is 19.8. The first-order chi connectivity index (χ1) is 28.7. The van der Waals surface area contributed by atoms with Gasteiger partial charge in [0, 0.05) is 35.8 Å². The lowest BCUT2D eigenvalue weighted by Crippen LogP contribution is -2.59. The van der Waals surface area contributed by atoms with Gasteiger partial charge in [-0.05, 0) is 94.1 Å². The molecule has 1 heterocycles. The summed E-state index contributed by atoms with van der Waals surface area (Å²) in [5, 5.41) is 24.4. The second-order valence-electron chi connectivity index (χ2n) is 14.9. The van der Waals surface area contributed by atoms with E-state index in [-0.39, 0.29) is 61.8 Å². The SMILES string of the molecule is CC(C)[C@H](NC(=O)c1ccccc1N)C(=O)N[C@@H](CCCCN)C(=O)N[C@@H](CCCCN)C(=O)N[C@@H](CCCN=C(N)N)C(=O)N[C@@H](Cc1c[nH]c2ccccc12)C(=O)O. The van der Waals surface area contributed by atoms with Crippen molar-refractivity contribution >= 4 is 58.1 Å². The number of nitrogens with two attached hydrogens (primary N) is 5. The van der Waals surface area contributed by atoms with Crippen LogP contribution in [0.5, 0.6) is 0 Å². The third-order valence-corrected chi connectivity index (χ3v) is 9.89. The summed E-state index contributed by atoms with van der Waals surface area (Å²) >= 11 is 0. The summed E-state index contributed by atoms with van der Waals surface area (Å²) in [6, 6.07) is 7.81. The molecule has 0 spiro atoms. The molecule has 2 aromatic carbocycles. The zero-order valence-corrected chi connectivity index (χ0v) is 34.4. The Morgan fingerprint density at radius 1 is 0.683 bits per heavy atom. The minimum atomic E-state index is -1.35. The van der Waals surface area contributed by atoms with E-state index in [1.165, 1.54) is 6.07 Å². The number of carbonyl (C=O) groups excluding carboxylic acids is 5. The number of anilines is 1. The number of nitrogens with zero attached hydrogens (tertiary/aromatic N) is 1. The summed E-state index contributed by atoms with van der Waals surface area (Å²) in [6.07, 6.45) is 4.14. The van der Waals surface area contributed by atoms with Gasteiger partial charge in [-0.15, -0.1) is 0 Å². The number of aromatic amines is 1. The van der Waals surface area contributed by atoms with Gasteiger partial charge in [-0.25, -0.2) is 4.79 Å². The lowest BCUT2D eigenvalue weighted by molar-refractivity contribution is -0.142. The number of nitrogen functional groups attached to an aromatic ring is 1. The summed E-state index contributed by atoms with van der Waals surface area (Å²) in [5.41, 5.74) is 30.3. The molecule has 328 valence electrons. The number of guanidine groups is 1. The van der Waals surface area contributed by atoms with Crippen LogP contribution in [0, 0.1) is 5.92 Å². The first kappa shape index (κ1) is 48.2. The maximum absolute atomic E-state index is 14.1. The zero-order valence-electron chi connectivity index (χ0n) is 34.4. The fourth-order valence-corrected chi connectivity index (χ4v) is 6.55. The molecule has 3 rings (SSSR count). The number of carbonyl (C=O) groups is 6. The minimum absolute atomic E-state index is 0.0198. The highest BCUT2D eigenvalue weighted by molar-refractivity contribution is 6.02. The molecule has 17 N–H and O–H groups in total. The van der Waals surface area contributed by atoms with Crippen LogP contribution in [-0.2, 0) is 30.4 Å². The highest BCUT2D eigenvalue weighted by Crippen LogP contribution is 2.20. The topological polar surface area (TPSA) is 341 Å². The van der Waals surface area contributed by atoms with E-state index in [9.17, 15) is 33.9 Å². The second-order valence-corrected chi connectivity index (χ2v) is 14.9. The molecule has 1 aromatic heterocycles. The van der Waals surface area contributed by atoms with Crippen molar-refractivity contribution in [2.75, 3.05) is 25.4 Å². The van der Waals surface area contributed by atoms with Gasteiger partial charge in [0.25, 0.3) is 5.91 Å². The van der Waals surface area contributed by atoms with E-state index in [0.717, 1.165) is 10.9 Å². The van der Waals surface area contributed by atoms with Crippen molar-refractivity contribution in [2.45, 2.75) is 102 Å². The van der Waals surface area contributed by atoms with Crippen LogP contribution in [0.25, 0.3) is 10.9 Å². The van der Waals surface area contributed by atoms with Gasteiger partial charge in [-0.3, -0.25) is 29.0 Å². The number of hydrogen-bond acceptors (Lipinski definition) is 10. The van der Waals surface area contributed by atoms with E-state index in [1.807, 2.05) is 24.3 Å². The van der Waals surface area contributed by atoms with Crippen molar-refractivity contribution in [3.8, 4) is 0 Å². The number of rotatable bonds is 26. The van der Waals surface area contributed by atoms with Crippen LogP contribution in [-0.4, -0.2) is 101 Å². The van der Waals surface area contributed by atoms with Crippen LogP contribution in [0.4, 0.5) is 5.69 Å². The summed E-state index contributed by atoms with van der Waals surface area (Å²) in [4.78, 5) is 88.2. The number of para-hydroxylation sites is 2. The van der Waals surface area contributed by atoms with Crippen LogP contribution in [0.1, 0.15) is 81.1 Å². The van der Waals surface area contributed by atoms with E-state index in [4.69, 9.17) is 28.7 Å². The average Bonchev–Trinajstić information content (AvgIpc) is 3.62. The molecule has 0 aliphatic rings. The Morgan fingerprint density at radius 2 is 1.20 bits per heavy atom. The van der Waals surface area contributed by atoms with Crippen LogP contribution in [0.3, 0.4) is 0 Å². The molecule has 5 atom stereocenters. The van der Waals surface area contributed by atoms with Crippen LogP contribution in [0.2, 0.25) is 0 Å². The molecular weight excluding hydrogens is 773 g/mol. The Bertz CT molecular complexity index is 1930. The monoisotopic (exact) mass is 834 g/mol. The van der Waals surface area contributed by atoms with Gasteiger partial charge in [-0.2, -0.15) is 0 Å². The third kappa shape index (κ3) is 15.2. The Balaban J connectivity index is 1.84. The van der Waals surface area contributed by atoms with Crippen LogP contribution < -0.4 is 55.3 Å². The number of amides is 5. The van der Waals surface area contributed by atoms with E-state index in [2.05, 4.69) is 36.6 Å². The number of aliphatic imine (C=N–C) groups is 1. The molecule has 19 heteroatoms. The van der Waals surface area contributed by atoms with E-state index >= 15 is 0 Å². The first-order valence-corrected chi connectivity index (χ1v) is 20.3. The number of fused-ring (bicyclic) bond motifs is 1. The standard InChI is InChI=1S/C41H62N12O7/c1-24(2)34(53-35(54)27-13-3-5-14-28(27)44)39(58)51-31(17-8-10-20-43)37(56)49-30(16-7-9-19-42)36(55)50-32(18-11-21-47-41(45)46)38(57)52-33(40(59)60)22-25-23-48-29-15-6-4-12-26(25)29/h3-6,12-15,23-24,30-34,48H,7-11,16-22,42-44H2,1-2H3,(H,49,56)(H,50,55)(H,51,58)(H,52,57)(H,53,54)(H,59,60)(H4,45,46,47)/t30-,31-,32-,33-,34-/m0/s1. The number of carboxylic acid groups (broad SMARTS) is 1. The highest BCUT2D eigenvalue weighted by Gasteiger charge is 2.33. The first-order valence-electron chi connectivity index (χ1n) is 20.3. The van der Waals surface area contributed by atoms with Crippen molar-refractivity contribution in [2.24, 2.45) is 33.8 Å². The Hall–Kier alpha value is -6.21. The summed E-state index contributed by atoms with van der Waals surface area (Å²) < 4.78 is 0. The van der Waals surface area contributed by atoms with Gasteiger partial charge in [0.2, 0.25) is 23.6 Å². The number of hydrogen-bond donors (Lipinski definition) is 12. The lowest BCUT2D eigenvalue weighted by Gasteiger charge is -2.28. The number of H-pyrrole nitrogens is 1. The van der Waals surface area contributed by atoms with Crippen molar-refractivity contribution in [3.05, 3.63) is 65.9 Å². The number of benzene rings is 2. The van der Waals surface area contributed by atoms with Crippen molar-refractivity contribution < 1.29 is 33.9 Å². The molecule has 0 unspecified atom stereocenters. The lowest BCUT2D eigenvalue weighted by atomic mass is 10.0. The highest BCUT2D eigenvalue weighted by atomic mass is 16.4. The number of unbranched alkanes of at least 4 members (excludes halogenated alkanes) is 2. The molecular formula is C41H62N12O7. The zero-order chi connectivity index (χ0) is 44.2. The van der Waals surface area contributed by atoms with Gasteiger partial charge in [-0.1, -0.05) is 44.2 Å². The van der Waals surface area contributed by atoms with Crippen molar-refractivity contribution in [1.82, 2.24) is 31.6 Å². The fourth-order valence-electron chi connectivity index (χ4n) is 6.55. The largest absolute Gasteiger partial charge is 0.480 e. The van der Waals surface area contributed by atoms with Gasteiger partial charge in [0.1, 0.15) is 30.2 Å². The molecule has 5 amide bonds.